The number of rotatable bonds is 6. The third kappa shape index (κ3) is 4.12. The lowest BCUT2D eigenvalue weighted by atomic mass is 10.2. The molecule has 0 aliphatic carbocycles. The number of ether oxygens (including phenoxy) is 1. The van der Waals surface area contributed by atoms with Gasteiger partial charge in [0, 0.05) is 12.7 Å². The zero-order valence-corrected chi connectivity index (χ0v) is 12.8. The van der Waals surface area contributed by atoms with Crippen LogP contribution in [-0.4, -0.2) is 25.9 Å². The molecule has 0 atom stereocenters. The summed E-state index contributed by atoms with van der Waals surface area (Å²) in [5.41, 5.74) is 0.794. The third-order valence-corrected chi connectivity index (χ3v) is 4.33. The molecule has 0 bridgehead atoms. The van der Waals surface area contributed by atoms with Gasteiger partial charge in [-0.15, -0.1) is 0 Å². The van der Waals surface area contributed by atoms with Crippen molar-refractivity contribution in [1.82, 2.24) is 9.71 Å². The molecule has 0 radical (unpaired) electrons. The Morgan fingerprint density at radius 3 is 2.73 bits per heavy atom. The molecule has 116 valence electrons. The first kappa shape index (κ1) is 16.1. The summed E-state index contributed by atoms with van der Waals surface area (Å²) in [6.07, 6.45) is 1.60. The van der Waals surface area contributed by atoms with Crippen LogP contribution in [0, 0.1) is 0 Å². The fourth-order valence-corrected chi connectivity index (χ4v) is 2.86. The van der Waals surface area contributed by atoms with Crippen molar-refractivity contribution in [3.63, 3.8) is 0 Å². The molecule has 1 N–H and O–H groups in total. The first-order valence-electron chi connectivity index (χ1n) is 6.69. The van der Waals surface area contributed by atoms with Crippen LogP contribution in [0.4, 0.5) is 0 Å². The van der Waals surface area contributed by atoms with Crippen LogP contribution in [0.2, 0.25) is 0 Å². The van der Waals surface area contributed by atoms with E-state index >= 15 is 0 Å². The van der Waals surface area contributed by atoms with E-state index in [1.807, 2.05) is 0 Å². The topological polar surface area (TPSA) is 85.4 Å². The van der Waals surface area contributed by atoms with Gasteiger partial charge in [0.1, 0.15) is 6.61 Å². The Balaban J connectivity index is 2.11. The molecule has 22 heavy (non-hydrogen) atoms. The van der Waals surface area contributed by atoms with E-state index in [1.165, 1.54) is 24.3 Å². The van der Waals surface area contributed by atoms with Gasteiger partial charge in [0.25, 0.3) is 0 Å². The van der Waals surface area contributed by atoms with Crippen LogP contribution in [0.3, 0.4) is 0 Å². The van der Waals surface area contributed by atoms with Gasteiger partial charge in [-0.05, 0) is 30.3 Å². The second-order valence-electron chi connectivity index (χ2n) is 4.43. The maximum Gasteiger partial charge on any atom is 0.338 e. The van der Waals surface area contributed by atoms with Crippen molar-refractivity contribution in [1.29, 1.82) is 0 Å². The number of benzene rings is 1. The minimum atomic E-state index is -3.60. The molecule has 0 amide bonds. The molecule has 0 saturated heterocycles. The Hall–Kier alpha value is -2.25. The lowest BCUT2D eigenvalue weighted by Crippen LogP contribution is -2.23. The molecule has 1 aromatic carbocycles. The van der Waals surface area contributed by atoms with E-state index in [9.17, 15) is 13.2 Å². The molecule has 7 heteroatoms. The summed E-state index contributed by atoms with van der Waals surface area (Å²) < 4.78 is 31.3. The monoisotopic (exact) mass is 320 g/mol. The van der Waals surface area contributed by atoms with Crippen molar-refractivity contribution in [2.24, 2.45) is 0 Å². The number of nitrogens with zero attached hydrogens (tertiary/aromatic N) is 1. The zero-order chi connectivity index (χ0) is 16.0. The number of carbonyl (C=O) groups excluding carboxylic acids is 1. The van der Waals surface area contributed by atoms with E-state index in [0.29, 0.717) is 5.69 Å². The summed E-state index contributed by atoms with van der Waals surface area (Å²) in [6, 6.07) is 11.0. The molecule has 6 nitrogen and oxygen atoms in total. The molecule has 2 aromatic rings. The second kappa shape index (κ2) is 7.15. The summed E-state index contributed by atoms with van der Waals surface area (Å²) in [7, 11) is -3.60. The quantitative estimate of drug-likeness (QED) is 0.819. The Labute approximate surface area is 129 Å². The summed E-state index contributed by atoms with van der Waals surface area (Å²) in [5, 5.41) is 0. The predicted molar refractivity (Wildman–Crippen MR) is 80.7 cm³/mol. The van der Waals surface area contributed by atoms with Crippen molar-refractivity contribution < 1.29 is 17.9 Å². The second-order valence-corrected chi connectivity index (χ2v) is 6.19. The van der Waals surface area contributed by atoms with Crippen LogP contribution in [0.15, 0.2) is 53.6 Å². The molecule has 0 saturated carbocycles. The fourth-order valence-electron chi connectivity index (χ4n) is 1.77. The first-order valence-corrected chi connectivity index (χ1v) is 8.18. The van der Waals surface area contributed by atoms with Gasteiger partial charge in [-0.3, -0.25) is 4.98 Å². The van der Waals surface area contributed by atoms with Crippen molar-refractivity contribution in [2.45, 2.75) is 18.4 Å². The number of nitrogens with one attached hydrogen (secondary N) is 1. The maximum atomic E-state index is 12.0. The van der Waals surface area contributed by atoms with Gasteiger partial charge in [-0.25, -0.2) is 17.9 Å². The van der Waals surface area contributed by atoms with Crippen LogP contribution in [0.25, 0.3) is 0 Å². The maximum absolute atomic E-state index is 12.0. The Bertz CT molecular complexity index is 745. The van der Waals surface area contributed by atoms with Crippen LogP contribution in [-0.2, 0) is 21.4 Å². The van der Waals surface area contributed by atoms with E-state index in [2.05, 4.69) is 9.71 Å². The highest BCUT2D eigenvalue weighted by atomic mass is 32.2. The summed E-state index contributed by atoms with van der Waals surface area (Å²) >= 11 is 0. The highest BCUT2D eigenvalue weighted by Gasteiger charge is 2.16. The Morgan fingerprint density at radius 2 is 2.05 bits per heavy atom. The highest BCUT2D eigenvalue weighted by molar-refractivity contribution is 7.89. The summed E-state index contributed by atoms with van der Waals surface area (Å²) in [6.45, 7) is 1.99. The number of aromatic nitrogens is 1. The molecule has 0 spiro atoms. The van der Waals surface area contributed by atoms with Gasteiger partial charge in [-0.1, -0.05) is 19.1 Å². The molecule has 0 fully saturated rings. The predicted octanol–water partition coefficient (Wildman–Crippen LogP) is 1.74. The van der Waals surface area contributed by atoms with E-state index in [-0.39, 0.29) is 23.6 Å². The van der Waals surface area contributed by atoms with Crippen LogP contribution < -0.4 is 4.72 Å². The lowest BCUT2D eigenvalue weighted by molar-refractivity contribution is 0.0467. The molecular weight excluding hydrogens is 304 g/mol. The lowest BCUT2D eigenvalue weighted by Gasteiger charge is -2.07. The van der Waals surface area contributed by atoms with Gasteiger partial charge in [0.05, 0.1) is 16.2 Å². The van der Waals surface area contributed by atoms with Crippen LogP contribution in [0.1, 0.15) is 23.0 Å². The standard InChI is InChI=1S/C15H16N2O4S/c1-2-17-22(19,20)14-8-5-6-12(10-14)15(18)21-11-13-7-3-4-9-16-13/h3-10,17H,2,11H2,1H3. The Morgan fingerprint density at radius 1 is 1.23 bits per heavy atom. The number of sulfonamides is 1. The minimum Gasteiger partial charge on any atom is -0.456 e. The van der Waals surface area contributed by atoms with Crippen molar-refractivity contribution >= 4 is 16.0 Å². The Kier molecular flexibility index (Phi) is 5.24. The van der Waals surface area contributed by atoms with Gasteiger partial charge in [0.2, 0.25) is 10.0 Å². The summed E-state index contributed by atoms with van der Waals surface area (Å²) in [4.78, 5) is 16.1. The van der Waals surface area contributed by atoms with Gasteiger partial charge in [0.15, 0.2) is 0 Å². The van der Waals surface area contributed by atoms with Gasteiger partial charge in [-0.2, -0.15) is 0 Å². The van der Waals surface area contributed by atoms with E-state index in [4.69, 9.17) is 4.74 Å². The fraction of sp³-hybridized carbons (Fsp3) is 0.200. The minimum absolute atomic E-state index is 0.0293. The van der Waals surface area contributed by atoms with Crippen LogP contribution in [0.5, 0.6) is 0 Å². The molecule has 0 unspecified atom stereocenters. The first-order chi connectivity index (χ1) is 10.5. The van der Waals surface area contributed by atoms with Crippen molar-refractivity contribution in [3.8, 4) is 0 Å². The van der Waals surface area contributed by atoms with E-state index < -0.39 is 16.0 Å². The molecule has 1 heterocycles. The molecule has 2 rings (SSSR count). The van der Waals surface area contributed by atoms with E-state index in [0.717, 1.165) is 0 Å². The van der Waals surface area contributed by atoms with E-state index in [1.54, 1.807) is 31.3 Å². The third-order valence-electron chi connectivity index (χ3n) is 2.79. The van der Waals surface area contributed by atoms with Crippen LogP contribution >= 0.6 is 0 Å². The number of hydrogen-bond acceptors (Lipinski definition) is 5. The smallest absolute Gasteiger partial charge is 0.338 e. The normalized spacial score (nSPS) is 11.1. The van der Waals surface area contributed by atoms with Gasteiger partial charge >= 0.3 is 5.97 Å². The summed E-state index contributed by atoms with van der Waals surface area (Å²) in [5.74, 6) is -0.598. The number of pyridine rings is 1. The zero-order valence-electron chi connectivity index (χ0n) is 12.0. The number of esters is 1. The average molecular weight is 320 g/mol. The SMILES string of the molecule is CCNS(=O)(=O)c1cccc(C(=O)OCc2ccccn2)c1. The molecule has 0 aliphatic heterocycles. The largest absolute Gasteiger partial charge is 0.456 e. The number of carbonyl (C=O) groups is 1. The van der Waals surface area contributed by atoms with Crippen molar-refractivity contribution in [3.05, 3.63) is 59.9 Å². The molecule has 0 aliphatic rings. The number of hydrogen-bond donors (Lipinski definition) is 1. The van der Waals surface area contributed by atoms with Gasteiger partial charge < -0.3 is 4.74 Å². The average Bonchev–Trinajstić information content (AvgIpc) is 2.53. The van der Waals surface area contributed by atoms with Crippen molar-refractivity contribution in [2.75, 3.05) is 6.54 Å². The molecular formula is C15H16N2O4S. The molecule has 1 aromatic heterocycles. The highest BCUT2D eigenvalue weighted by Crippen LogP contribution is 2.13.